The molecule has 1 unspecified atom stereocenters. The van der Waals surface area contributed by atoms with Gasteiger partial charge >= 0.3 is 0 Å². The summed E-state index contributed by atoms with van der Waals surface area (Å²) < 4.78 is 0. The molecule has 4 aromatic rings. The van der Waals surface area contributed by atoms with Crippen LogP contribution in [0.4, 0.5) is 5.69 Å². The van der Waals surface area contributed by atoms with Crippen LogP contribution < -0.4 is 10.4 Å². The van der Waals surface area contributed by atoms with E-state index in [1.807, 2.05) is 42.5 Å². The summed E-state index contributed by atoms with van der Waals surface area (Å²) in [5.74, 6) is 6.47. The molecule has 1 atom stereocenters. The Morgan fingerprint density at radius 3 is 1.88 bits per heavy atom. The molecule has 0 saturated carbocycles. The van der Waals surface area contributed by atoms with Gasteiger partial charge in [-0.3, -0.25) is 10.4 Å². The fraction of sp³-hybridized carbons (Fsp3) is 0.0323. The maximum Gasteiger partial charge on any atom is 0.0892 e. The molecule has 0 fully saturated rings. The van der Waals surface area contributed by atoms with Crippen LogP contribution in [0, 0.1) is 11.8 Å². The smallest absolute Gasteiger partial charge is 0.0892 e. The van der Waals surface area contributed by atoms with E-state index in [4.69, 9.17) is 0 Å². The lowest BCUT2D eigenvalue weighted by Crippen LogP contribution is -2.37. The van der Waals surface area contributed by atoms with Gasteiger partial charge in [-0.05, 0) is 53.6 Å². The molecule has 1 aliphatic rings. The maximum atomic E-state index is 3.59. The summed E-state index contributed by atoms with van der Waals surface area (Å²) in [5.41, 5.74) is 10.2. The molecule has 1 aliphatic heterocycles. The molecule has 5 rings (SSSR count). The third-order valence-electron chi connectivity index (χ3n) is 5.52. The van der Waals surface area contributed by atoms with E-state index < -0.39 is 0 Å². The lowest BCUT2D eigenvalue weighted by Gasteiger charge is -2.25. The number of benzene rings is 4. The number of hydrogen-bond acceptors (Lipinski definition) is 2. The van der Waals surface area contributed by atoms with Crippen LogP contribution in [0.2, 0.25) is 0 Å². The number of para-hydroxylation sites is 1. The summed E-state index contributed by atoms with van der Waals surface area (Å²) in [4.78, 5) is 0. The maximum absolute atomic E-state index is 3.59. The zero-order chi connectivity index (χ0) is 22.3. The molecule has 1 N–H and O–H groups in total. The molecular formula is C31H24N2. The first-order valence-corrected chi connectivity index (χ1v) is 11.1. The van der Waals surface area contributed by atoms with Gasteiger partial charge < -0.3 is 0 Å². The van der Waals surface area contributed by atoms with Gasteiger partial charge in [0.05, 0.1) is 17.4 Å². The van der Waals surface area contributed by atoms with E-state index in [0.717, 1.165) is 28.1 Å². The zero-order valence-corrected chi connectivity index (χ0v) is 18.2. The van der Waals surface area contributed by atoms with Crippen LogP contribution in [0.25, 0.3) is 11.8 Å². The van der Waals surface area contributed by atoms with Crippen LogP contribution in [0.15, 0.2) is 127 Å². The van der Waals surface area contributed by atoms with Gasteiger partial charge in [0, 0.05) is 11.1 Å². The van der Waals surface area contributed by atoms with Crippen LogP contribution in [0.1, 0.15) is 22.3 Å². The first-order valence-electron chi connectivity index (χ1n) is 11.1. The van der Waals surface area contributed by atoms with E-state index in [1.54, 1.807) is 0 Å². The second kappa shape index (κ2) is 9.77. The predicted molar refractivity (Wildman–Crippen MR) is 138 cm³/mol. The molecule has 0 saturated heterocycles. The first-order chi connectivity index (χ1) is 16.3. The highest BCUT2D eigenvalue weighted by molar-refractivity contribution is 5.73. The number of nitrogens with zero attached hydrogens (tertiary/aromatic N) is 1. The summed E-state index contributed by atoms with van der Waals surface area (Å²) in [6, 6.07) is 39.4. The van der Waals surface area contributed by atoms with E-state index >= 15 is 0 Å². The normalized spacial score (nSPS) is 15.0. The van der Waals surface area contributed by atoms with E-state index in [0.29, 0.717) is 0 Å². The highest BCUT2D eigenvalue weighted by atomic mass is 15.5. The van der Waals surface area contributed by atoms with Gasteiger partial charge in [0.25, 0.3) is 0 Å². The summed E-state index contributed by atoms with van der Waals surface area (Å²) in [6.07, 6.45) is 6.66. The molecule has 2 nitrogen and oxygen atoms in total. The van der Waals surface area contributed by atoms with Gasteiger partial charge in [-0.1, -0.05) is 103 Å². The second-order valence-corrected chi connectivity index (χ2v) is 7.85. The minimum absolute atomic E-state index is 0.0974. The molecule has 2 heteroatoms. The number of rotatable bonds is 4. The number of hydrazine groups is 1. The Morgan fingerprint density at radius 2 is 1.21 bits per heavy atom. The molecule has 158 valence electrons. The van der Waals surface area contributed by atoms with Crippen molar-refractivity contribution >= 4 is 17.5 Å². The quantitative estimate of drug-likeness (QED) is 0.375. The van der Waals surface area contributed by atoms with E-state index in [2.05, 4.69) is 113 Å². The molecule has 4 aromatic carbocycles. The molecule has 0 amide bonds. The van der Waals surface area contributed by atoms with Crippen molar-refractivity contribution in [3.05, 3.63) is 150 Å². The van der Waals surface area contributed by atoms with Crippen molar-refractivity contribution in [1.82, 2.24) is 5.43 Å². The minimum Gasteiger partial charge on any atom is -0.297 e. The monoisotopic (exact) mass is 424 g/mol. The number of hydrogen-bond donors (Lipinski definition) is 1. The Morgan fingerprint density at radius 1 is 0.636 bits per heavy atom. The SMILES string of the molecule is C(#Cc1ccc(C2=CC(C=Cc3ccccc3)N(c3ccccc3)N2)cc1)c1ccccc1. The molecule has 0 spiro atoms. The lowest BCUT2D eigenvalue weighted by atomic mass is 10.1. The molecule has 0 radical (unpaired) electrons. The van der Waals surface area contributed by atoms with Gasteiger partial charge in [-0.15, -0.1) is 0 Å². The van der Waals surface area contributed by atoms with Crippen molar-refractivity contribution in [2.24, 2.45) is 0 Å². The Kier molecular flexibility index (Phi) is 6.04. The highest BCUT2D eigenvalue weighted by Crippen LogP contribution is 2.27. The Labute approximate surface area is 195 Å². The Hall–Kier alpha value is -4.48. The molecule has 0 bridgehead atoms. The number of anilines is 1. The van der Waals surface area contributed by atoms with E-state index in [1.165, 1.54) is 5.56 Å². The average Bonchev–Trinajstić information content (AvgIpc) is 3.33. The van der Waals surface area contributed by atoms with Crippen molar-refractivity contribution in [3.8, 4) is 11.8 Å². The predicted octanol–water partition coefficient (Wildman–Crippen LogP) is 6.53. The van der Waals surface area contributed by atoms with Crippen molar-refractivity contribution in [2.75, 3.05) is 5.01 Å². The third-order valence-corrected chi connectivity index (χ3v) is 5.52. The van der Waals surface area contributed by atoms with Crippen LogP contribution in [0.5, 0.6) is 0 Å². The minimum atomic E-state index is 0.0974. The summed E-state index contributed by atoms with van der Waals surface area (Å²) in [6.45, 7) is 0. The third kappa shape index (κ3) is 5.06. The summed E-state index contributed by atoms with van der Waals surface area (Å²) >= 11 is 0. The van der Waals surface area contributed by atoms with Gasteiger partial charge in [-0.2, -0.15) is 0 Å². The van der Waals surface area contributed by atoms with Crippen LogP contribution in [-0.2, 0) is 0 Å². The lowest BCUT2D eigenvalue weighted by molar-refractivity contribution is 0.779. The van der Waals surface area contributed by atoms with Gasteiger partial charge in [-0.25, -0.2) is 0 Å². The molecule has 0 aromatic heterocycles. The van der Waals surface area contributed by atoms with Gasteiger partial charge in [0.2, 0.25) is 0 Å². The van der Waals surface area contributed by atoms with Gasteiger partial charge in [0.1, 0.15) is 0 Å². The topological polar surface area (TPSA) is 15.3 Å². The van der Waals surface area contributed by atoms with Crippen molar-refractivity contribution in [1.29, 1.82) is 0 Å². The average molecular weight is 425 g/mol. The highest BCUT2D eigenvalue weighted by Gasteiger charge is 2.23. The van der Waals surface area contributed by atoms with Crippen LogP contribution in [-0.4, -0.2) is 6.04 Å². The molecule has 1 heterocycles. The standard InChI is InChI=1S/C31H24N2/c1-4-10-25(11-5-1)16-17-27-18-21-28(22-19-27)31-24-30(23-20-26-12-6-2-7-13-26)33(32-31)29-14-8-3-9-15-29/h1-15,18-24,30,32H. The fourth-order valence-electron chi connectivity index (χ4n) is 3.79. The molecular weight excluding hydrogens is 400 g/mol. The van der Waals surface area contributed by atoms with Crippen molar-refractivity contribution in [2.45, 2.75) is 6.04 Å². The van der Waals surface area contributed by atoms with E-state index in [-0.39, 0.29) is 6.04 Å². The van der Waals surface area contributed by atoms with Crippen molar-refractivity contribution in [3.63, 3.8) is 0 Å². The molecule has 0 aliphatic carbocycles. The second-order valence-electron chi connectivity index (χ2n) is 7.85. The summed E-state index contributed by atoms with van der Waals surface area (Å²) in [5, 5.41) is 2.19. The van der Waals surface area contributed by atoms with Crippen LogP contribution >= 0.6 is 0 Å². The number of nitrogens with one attached hydrogen (secondary N) is 1. The van der Waals surface area contributed by atoms with Crippen molar-refractivity contribution < 1.29 is 0 Å². The zero-order valence-electron chi connectivity index (χ0n) is 18.2. The molecule has 33 heavy (non-hydrogen) atoms. The largest absolute Gasteiger partial charge is 0.297 e. The Bertz CT molecular complexity index is 1310. The van der Waals surface area contributed by atoms with Gasteiger partial charge in [0.15, 0.2) is 0 Å². The first kappa shape index (κ1) is 20.4. The fourth-order valence-corrected chi connectivity index (χ4v) is 3.79. The van der Waals surface area contributed by atoms with E-state index in [9.17, 15) is 0 Å². The summed E-state index contributed by atoms with van der Waals surface area (Å²) in [7, 11) is 0. The Balaban J connectivity index is 1.39. The van der Waals surface area contributed by atoms with Crippen LogP contribution in [0.3, 0.4) is 0 Å².